The van der Waals surface area contributed by atoms with Gasteiger partial charge in [-0.15, -0.1) is 0 Å². The second-order valence-corrected chi connectivity index (χ2v) is 7.32. The lowest BCUT2D eigenvalue weighted by atomic mass is 9.90. The van der Waals surface area contributed by atoms with E-state index in [1.807, 2.05) is 56.3 Å². The van der Waals surface area contributed by atoms with E-state index in [4.69, 9.17) is 22.7 Å². The van der Waals surface area contributed by atoms with Gasteiger partial charge in [-0.05, 0) is 38.2 Å². The number of amides is 2. The molecule has 2 aliphatic rings. The molecule has 1 aromatic rings. The molecule has 0 saturated carbocycles. The van der Waals surface area contributed by atoms with E-state index >= 15 is 0 Å². The molecule has 0 radical (unpaired) electrons. The summed E-state index contributed by atoms with van der Waals surface area (Å²) in [6.45, 7) is 4.20. The Balaban J connectivity index is 1.52. The number of carbonyl (C=O) groups is 2. The number of guanidine groups is 1. The Hall–Kier alpha value is -2.78. The fourth-order valence-corrected chi connectivity index (χ4v) is 3.93. The average molecular weight is 416 g/mol. The summed E-state index contributed by atoms with van der Waals surface area (Å²) in [4.78, 5) is 30.8. The first kappa shape index (κ1) is 20.9. The molecule has 2 amide bonds. The molecule has 4 N–H and O–H groups in total. The van der Waals surface area contributed by atoms with Crippen molar-refractivity contribution in [2.45, 2.75) is 26.1 Å². The topological polar surface area (TPSA) is 109 Å². The predicted octanol–water partition coefficient (Wildman–Crippen LogP) is 1.25. The number of hydrogen-bond donors (Lipinski definition) is 3. The lowest BCUT2D eigenvalue weighted by molar-refractivity contribution is -0.142. The molecule has 2 heterocycles. The maximum Gasteiger partial charge on any atom is 0.236 e. The first-order valence-electron chi connectivity index (χ1n) is 9.50. The standard InChI is InChI=1S/C20H25N5O3S/c1-3-7-14-16-15(12(2)28-14)17(26)25(18(16)27)11-10-22-20(29)24-19(21)23-13-8-5-4-6-9-13/h3-9,12,14-16H,10-11H2,1-2H3,(H4,21,22,23,24,29)/b7-3-. The van der Waals surface area contributed by atoms with Gasteiger partial charge in [0.05, 0.1) is 24.0 Å². The van der Waals surface area contributed by atoms with E-state index in [1.54, 1.807) is 0 Å². The van der Waals surface area contributed by atoms with Gasteiger partial charge in [0.2, 0.25) is 17.8 Å². The number of allylic oxidation sites excluding steroid dienone is 1. The summed E-state index contributed by atoms with van der Waals surface area (Å²) < 4.78 is 5.76. The molecule has 2 aliphatic heterocycles. The summed E-state index contributed by atoms with van der Waals surface area (Å²) in [6, 6.07) is 9.35. The van der Waals surface area contributed by atoms with Crippen LogP contribution in [-0.4, -0.2) is 53.1 Å². The second-order valence-electron chi connectivity index (χ2n) is 6.93. The molecule has 2 saturated heterocycles. The molecule has 0 spiro atoms. The van der Waals surface area contributed by atoms with E-state index in [1.165, 1.54) is 4.90 Å². The summed E-state index contributed by atoms with van der Waals surface area (Å²) in [6.07, 6.45) is 3.03. The van der Waals surface area contributed by atoms with Crippen molar-refractivity contribution in [3.63, 3.8) is 0 Å². The summed E-state index contributed by atoms with van der Waals surface area (Å²) in [7, 11) is 0. The maximum atomic E-state index is 12.8. The van der Waals surface area contributed by atoms with Crippen LogP contribution in [0.25, 0.3) is 0 Å². The number of aliphatic imine (C=N–C) groups is 1. The van der Waals surface area contributed by atoms with Crippen molar-refractivity contribution >= 4 is 40.8 Å². The minimum absolute atomic E-state index is 0.150. The first-order valence-corrected chi connectivity index (χ1v) is 9.90. The van der Waals surface area contributed by atoms with Crippen LogP contribution in [0.3, 0.4) is 0 Å². The Kier molecular flexibility index (Phi) is 6.60. The van der Waals surface area contributed by atoms with E-state index in [0.29, 0.717) is 6.54 Å². The second kappa shape index (κ2) is 9.15. The van der Waals surface area contributed by atoms with Crippen LogP contribution in [0.15, 0.2) is 47.5 Å². The van der Waals surface area contributed by atoms with Crippen molar-refractivity contribution in [1.82, 2.24) is 10.2 Å². The molecule has 8 nitrogen and oxygen atoms in total. The molecular weight excluding hydrogens is 390 g/mol. The van der Waals surface area contributed by atoms with Gasteiger partial charge in [-0.3, -0.25) is 14.5 Å². The van der Waals surface area contributed by atoms with Gasteiger partial charge in [-0.2, -0.15) is 4.99 Å². The number of para-hydroxylation sites is 1. The smallest absolute Gasteiger partial charge is 0.236 e. The highest BCUT2D eigenvalue weighted by atomic mass is 32.1. The molecule has 0 aromatic heterocycles. The Bertz CT molecular complexity index is 842. The number of anilines is 1. The van der Waals surface area contributed by atoms with Crippen molar-refractivity contribution in [2.24, 2.45) is 22.6 Å². The number of ether oxygens (including phenoxy) is 1. The Morgan fingerprint density at radius 3 is 2.66 bits per heavy atom. The molecule has 9 heteroatoms. The minimum Gasteiger partial charge on any atom is -0.369 e. The predicted molar refractivity (Wildman–Crippen MR) is 115 cm³/mol. The third kappa shape index (κ3) is 4.63. The number of nitrogens with one attached hydrogen (secondary N) is 2. The normalized spacial score (nSPS) is 26.8. The number of imide groups is 1. The van der Waals surface area contributed by atoms with Gasteiger partial charge in [0.15, 0.2) is 5.11 Å². The molecular formula is C20H25N5O3S. The van der Waals surface area contributed by atoms with Crippen LogP contribution < -0.4 is 16.4 Å². The number of hydrogen-bond acceptors (Lipinski definition) is 4. The molecule has 4 unspecified atom stereocenters. The highest BCUT2D eigenvalue weighted by Crippen LogP contribution is 2.40. The molecule has 154 valence electrons. The third-order valence-electron chi connectivity index (χ3n) is 4.98. The Morgan fingerprint density at radius 1 is 1.28 bits per heavy atom. The quantitative estimate of drug-likeness (QED) is 0.218. The van der Waals surface area contributed by atoms with Gasteiger partial charge in [-0.1, -0.05) is 30.4 Å². The largest absolute Gasteiger partial charge is 0.369 e. The summed E-state index contributed by atoms with van der Waals surface area (Å²) in [5.74, 6) is -1.13. The highest BCUT2D eigenvalue weighted by Gasteiger charge is 2.57. The zero-order chi connectivity index (χ0) is 21.0. The SMILES string of the molecule is C/C=C\C1OC(C)C2C(=O)N(CCNC(=S)N=C(N)Nc3ccccc3)C(=O)C12. The van der Waals surface area contributed by atoms with Gasteiger partial charge in [0, 0.05) is 18.8 Å². The summed E-state index contributed by atoms with van der Waals surface area (Å²) >= 11 is 5.16. The maximum absolute atomic E-state index is 12.8. The lowest BCUT2D eigenvalue weighted by Gasteiger charge is -2.19. The van der Waals surface area contributed by atoms with Gasteiger partial charge < -0.3 is 21.1 Å². The van der Waals surface area contributed by atoms with E-state index in [0.717, 1.165) is 5.69 Å². The first-order chi connectivity index (χ1) is 13.9. The molecule has 4 atom stereocenters. The number of nitrogens with zero attached hydrogens (tertiary/aromatic N) is 2. The number of likely N-dealkylation sites (tertiary alicyclic amines) is 1. The van der Waals surface area contributed by atoms with Crippen LogP contribution in [0.5, 0.6) is 0 Å². The van der Waals surface area contributed by atoms with E-state index in [2.05, 4.69) is 15.6 Å². The number of benzene rings is 1. The van der Waals surface area contributed by atoms with E-state index < -0.39 is 11.8 Å². The van der Waals surface area contributed by atoms with Gasteiger partial charge in [0.1, 0.15) is 0 Å². The fourth-order valence-electron chi connectivity index (χ4n) is 3.73. The molecule has 0 bridgehead atoms. The summed E-state index contributed by atoms with van der Waals surface area (Å²) in [5, 5.41) is 6.02. The molecule has 2 fully saturated rings. The molecule has 3 rings (SSSR count). The molecule has 0 aliphatic carbocycles. The van der Waals surface area contributed by atoms with Crippen molar-refractivity contribution in [3.8, 4) is 0 Å². The third-order valence-corrected chi connectivity index (χ3v) is 5.22. The minimum atomic E-state index is -0.454. The van der Waals surface area contributed by atoms with Crippen molar-refractivity contribution in [2.75, 3.05) is 18.4 Å². The summed E-state index contributed by atoms with van der Waals surface area (Å²) in [5.41, 5.74) is 6.63. The highest BCUT2D eigenvalue weighted by molar-refractivity contribution is 7.80. The van der Waals surface area contributed by atoms with E-state index in [9.17, 15) is 9.59 Å². The van der Waals surface area contributed by atoms with Crippen molar-refractivity contribution in [3.05, 3.63) is 42.5 Å². The monoisotopic (exact) mass is 415 g/mol. The number of nitrogens with two attached hydrogens (primary N) is 1. The van der Waals surface area contributed by atoms with Crippen LogP contribution >= 0.6 is 12.2 Å². The fraction of sp³-hybridized carbons (Fsp3) is 0.400. The Labute approximate surface area is 175 Å². The van der Waals surface area contributed by atoms with Crippen molar-refractivity contribution in [1.29, 1.82) is 0 Å². The molecule has 1 aromatic carbocycles. The number of fused-ring (bicyclic) bond motifs is 1. The van der Waals surface area contributed by atoms with Crippen molar-refractivity contribution < 1.29 is 14.3 Å². The zero-order valence-electron chi connectivity index (χ0n) is 16.4. The Morgan fingerprint density at radius 2 is 1.97 bits per heavy atom. The van der Waals surface area contributed by atoms with Crippen LogP contribution in [0.4, 0.5) is 5.69 Å². The average Bonchev–Trinajstić information content (AvgIpc) is 3.13. The van der Waals surface area contributed by atoms with Crippen LogP contribution in [0.1, 0.15) is 13.8 Å². The van der Waals surface area contributed by atoms with Crippen LogP contribution in [-0.2, 0) is 14.3 Å². The number of carbonyl (C=O) groups excluding carboxylic acids is 2. The van der Waals surface area contributed by atoms with E-state index in [-0.39, 0.29) is 41.6 Å². The lowest BCUT2D eigenvalue weighted by Crippen LogP contribution is -2.40. The molecule has 29 heavy (non-hydrogen) atoms. The van der Waals surface area contributed by atoms with Gasteiger partial charge in [0.25, 0.3) is 0 Å². The zero-order valence-corrected chi connectivity index (χ0v) is 17.2. The number of rotatable bonds is 5. The number of thiocarbonyl (C=S) groups is 1. The van der Waals surface area contributed by atoms with Crippen LogP contribution in [0.2, 0.25) is 0 Å². The van der Waals surface area contributed by atoms with Gasteiger partial charge >= 0.3 is 0 Å². The van der Waals surface area contributed by atoms with Gasteiger partial charge in [-0.25, -0.2) is 0 Å². The van der Waals surface area contributed by atoms with Crippen LogP contribution in [0, 0.1) is 11.8 Å².